The Labute approximate surface area is 144 Å². The quantitative estimate of drug-likeness (QED) is 0.800. The monoisotopic (exact) mass is 332 g/mol. The van der Waals surface area contributed by atoms with Gasteiger partial charge >= 0.3 is 6.03 Å². The van der Waals surface area contributed by atoms with Crippen molar-refractivity contribution < 1.29 is 14.3 Å². The van der Waals surface area contributed by atoms with Crippen molar-refractivity contribution in [3.05, 3.63) is 29.8 Å². The Morgan fingerprint density at radius 3 is 2.71 bits per heavy atom. The first-order valence-electron chi connectivity index (χ1n) is 9.04. The first-order valence-corrected chi connectivity index (χ1v) is 9.04. The van der Waals surface area contributed by atoms with Crippen LogP contribution in [0.3, 0.4) is 0 Å². The minimum Gasteiger partial charge on any atom is -0.378 e. The lowest BCUT2D eigenvalue weighted by atomic mass is 9.51. The summed E-state index contributed by atoms with van der Waals surface area (Å²) in [5.74, 6) is 0. The third-order valence-corrected chi connectivity index (χ3v) is 5.47. The molecule has 132 valence electrons. The Morgan fingerprint density at radius 1 is 1.25 bits per heavy atom. The van der Waals surface area contributed by atoms with Crippen LogP contribution in [-0.4, -0.2) is 31.4 Å². The predicted molar refractivity (Wildman–Crippen MR) is 94.0 cm³/mol. The summed E-state index contributed by atoms with van der Waals surface area (Å²) in [5, 5.41) is 6.14. The van der Waals surface area contributed by atoms with Crippen molar-refractivity contribution in [3.8, 4) is 0 Å². The molecule has 0 bridgehead atoms. The number of rotatable bonds is 7. The molecule has 0 aromatic heterocycles. The number of anilines is 1. The Hall–Kier alpha value is -1.59. The summed E-state index contributed by atoms with van der Waals surface area (Å²) in [5.41, 5.74) is 1.98. The normalized spacial score (nSPS) is 24.1. The zero-order valence-electron chi connectivity index (χ0n) is 14.6. The number of benzene rings is 1. The number of carbonyl (C=O) groups excluding carboxylic acids is 1. The summed E-state index contributed by atoms with van der Waals surface area (Å²) in [6.07, 6.45) is 4.78. The molecule has 5 nitrogen and oxygen atoms in total. The van der Waals surface area contributed by atoms with Crippen LogP contribution in [0.5, 0.6) is 0 Å². The van der Waals surface area contributed by atoms with Crippen LogP contribution in [0.15, 0.2) is 24.3 Å². The van der Waals surface area contributed by atoms with E-state index in [9.17, 15) is 4.79 Å². The van der Waals surface area contributed by atoms with Crippen LogP contribution in [0.4, 0.5) is 10.5 Å². The highest BCUT2D eigenvalue weighted by molar-refractivity contribution is 5.90. The molecule has 2 N–H and O–H groups in total. The first kappa shape index (κ1) is 17.2. The summed E-state index contributed by atoms with van der Waals surface area (Å²) in [4.78, 5) is 12.4. The second-order valence-corrected chi connectivity index (χ2v) is 6.71. The largest absolute Gasteiger partial charge is 0.378 e. The number of ether oxygens (including phenoxy) is 2. The number of carbonyl (C=O) groups is 1. The molecule has 0 aliphatic heterocycles. The molecule has 2 aliphatic carbocycles. The molecule has 1 spiro atoms. The molecule has 24 heavy (non-hydrogen) atoms. The van der Waals surface area contributed by atoms with Gasteiger partial charge in [-0.1, -0.05) is 24.6 Å². The summed E-state index contributed by atoms with van der Waals surface area (Å²) < 4.78 is 11.3. The van der Waals surface area contributed by atoms with Crippen molar-refractivity contribution in [2.75, 3.05) is 18.5 Å². The van der Waals surface area contributed by atoms with E-state index in [2.05, 4.69) is 10.6 Å². The fourth-order valence-corrected chi connectivity index (χ4v) is 3.94. The van der Waals surface area contributed by atoms with Gasteiger partial charge < -0.3 is 20.1 Å². The number of urea groups is 1. The number of hydrogen-bond donors (Lipinski definition) is 2. The number of nitrogens with one attached hydrogen (secondary N) is 2. The summed E-state index contributed by atoms with van der Waals surface area (Å²) in [6, 6.07) is 7.86. The molecule has 2 atom stereocenters. The SMILES string of the molecule is CCOCc1ccccc1NC(=O)N[C@H]1C[C@@H](OCC)C12CCC2. The third-order valence-electron chi connectivity index (χ3n) is 5.47. The zero-order valence-corrected chi connectivity index (χ0v) is 14.6. The summed E-state index contributed by atoms with van der Waals surface area (Å²) in [6.45, 7) is 5.91. The molecule has 0 radical (unpaired) electrons. The third kappa shape index (κ3) is 3.28. The van der Waals surface area contributed by atoms with E-state index in [1.54, 1.807) is 0 Å². The van der Waals surface area contributed by atoms with Gasteiger partial charge in [-0.3, -0.25) is 0 Å². The zero-order chi connectivity index (χ0) is 17.0. The fourth-order valence-electron chi connectivity index (χ4n) is 3.94. The van der Waals surface area contributed by atoms with Gasteiger partial charge in [0.05, 0.1) is 12.7 Å². The van der Waals surface area contributed by atoms with Crippen LogP contribution in [0.1, 0.15) is 45.1 Å². The van der Waals surface area contributed by atoms with Crippen molar-refractivity contribution in [1.82, 2.24) is 5.32 Å². The minimum absolute atomic E-state index is 0.134. The number of hydrogen-bond acceptors (Lipinski definition) is 3. The molecule has 0 saturated heterocycles. The highest BCUT2D eigenvalue weighted by Crippen LogP contribution is 2.57. The average molecular weight is 332 g/mol. The van der Waals surface area contributed by atoms with Gasteiger partial charge in [0.25, 0.3) is 0 Å². The van der Waals surface area contributed by atoms with E-state index >= 15 is 0 Å². The summed E-state index contributed by atoms with van der Waals surface area (Å²) in [7, 11) is 0. The van der Waals surface area contributed by atoms with Gasteiger partial charge in [0.1, 0.15) is 0 Å². The fraction of sp³-hybridized carbons (Fsp3) is 0.632. The standard InChI is InChI=1S/C19H28N2O3/c1-3-23-13-14-8-5-6-9-15(14)20-18(22)21-16-12-17(24-4-2)19(16)10-7-11-19/h5-6,8-9,16-17H,3-4,7,10-13H2,1-2H3,(H2,20,21,22)/t16-,17+/m0/s1. The van der Waals surface area contributed by atoms with Gasteiger partial charge in [-0.15, -0.1) is 0 Å². The molecule has 1 aromatic carbocycles. The lowest BCUT2D eigenvalue weighted by molar-refractivity contribution is -0.169. The van der Waals surface area contributed by atoms with Gasteiger partial charge in [-0.25, -0.2) is 4.79 Å². The van der Waals surface area contributed by atoms with Gasteiger partial charge in [-0.05, 0) is 39.2 Å². The van der Waals surface area contributed by atoms with Crippen molar-refractivity contribution in [2.45, 2.75) is 58.3 Å². The van der Waals surface area contributed by atoms with Crippen LogP contribution in [-0.2, 0) is 16.1 Å². The molecule has 0 heterocycles. The van der Waals surface area contributed by atoms with Crippen LogP contribution in [0.2, 0.25) is 0 Å². The van der Waals surface area contributed by atoms with Gasteiger partial charge in [0, 0.05) is 35.9 Å². The van der Waals surface area contributed by atoms with Gasteiger partial charge in [-0.2, -0.15) is 0 Å². The lowest BCUT2D eigenvalue weighted by Gasteiger charge is -2.60. The molecule has 2 aliphatic rings. The second kappa shape index (κ2) is 7.53. The van der Waals surface area contributed by atoms with Gasteiger partial charge in [0.2, 0.25) is 0 Å². The maximum absolute atomic E-state index is 12.4. The Balaban J connectivity index is 1.57. The molecule has 1 aromatic rings. The lowest BCUT2D eigenvalue weighted by Crippen LogP contribution is -2.68. The van der Waals surface area contributed by atoms with E-state index < -0.39 is 0 Å². The number of para-hydroxylation sites is 1. The van der Waals surface area contributed by atoms with Crippen molar-refractivity contribution in [1.29, 1.82) is 0 Å². The minimum atomic E-state index is -0.134. The Bertz CT molecular complexity index is 571. The topological polar surface area (TPSA) is 59.6 Å². The smallest absolute Gasteiger partial charge is 0.319 e. The average Bonchev–Trinajstić information content (AvgIpc) is 2.51. The Morgan fingerprint density at radius 2 is 2.04 bits per heavy atom. The molecule has 2 saturated carbocycles. The molecule has 3 rings (SSSR count). The Kier molecular flexibility index (Phi) is 5.41. The molecule has 0 unspecified atom stereocenters. The molecule has 2 fully saturated rings. The molecular formula is C19H28N2O3. The van der Waals surface area contributed by atoms with E-state index in [0.717, 1.165) is 37.1 Å². The first-order chi connectivity index (χ1) is 11.7. The van der Waals surface area contributed by atoms with Crippen LogP contribution >= 0.6 is 0 Å². The predicted octanol–water partition coefficient (Wildman–Crippen LogP) is 3.69. The van der Waals surface area contributed by atoms with Crippen molar-refractivity contribution in [3.63, 3.8) is 0 Å². The van der Waals surface area contributed by atoms with E-state index in [1.165, 1.54) is 6.42 Å². The molecular weight excluding hydrogens is 304 g/mol. The molecule has 2 amide bonds. The van der Waals surface area contributed by atoms with Gasteiger partial charge in [0.15, 0.2) is 0 Å². The van der Waals surface area contributed by atoms with E-state index in [1.807, 2.05) is 38.1 Å². The number of amides is 2. The van der Waals surface area contributed by atoms with Crippen LogP contribution in [0.25, 0.3) is 0 Å². The van der Waals surface area contributed by atoms with E-state index in [-0.39, 0.29) is 17.5 Å². The summed E-state index contributed by atoms with van der Waals surface area (Å²) >= 11 is 0. The van der Waals surface area contributed by atoms with E-state index in [0.29, 0.717) is 19.3 Å². The van der Waals surface area contributed by atoms with Crippen molar-refractivity contribution in [2.24, 2.45) is 5.41 Å². The molecule has 5 heteroatoms. The second-order valence-electron chi connectivity index (χ2n) is 6.71. The van der Waals surface area contributed by atoms with Crippen molar-refractivity contribution >= 4 is 11.7 Å². The van der Waals surface area contributed by atoms with Crippen LogP contribution < -0.4 is 10.6 Å². The maximum Gasteiger partial charge on any atom is 0.319 e. The van der Waals surface area contributed by atoms with E-state index in [4.69, 9.17) is 9.47 Å². The maximum atomic E-state index is 12.4. The van der Waals surface area contributed by atoms with Crippen LogP contribution in [0, 0.1) is 5.41 Å². The highest BCUT2D eigenvalue weighted by Gasteiger charge is 2.59. The highest BCUT2D eigenvalue weighted by atomic mass is 16.5.